The van der Waals surface area contributed by atoms with Crippen LogP contribution in [0.4, 0.5) is 10.1 Å². The molecule has 4 aromatic rings. The SMILES string of the molecule is CCCC(C(N)=O)C(CC1CC1)C(=O)NC1C(=O)N(Cc2cccc(-c3ccc(F)c(Cl)c3)c2)c2ccccc2-c2ccccc21. The lowest BCUT2D eigenvalue weighted by molar-refractivity contribution is -0.136. The number of nitrogens with two attached hydrogens (primary N) is 1. The minimum absolute atomic E-state index is 0.0355. The average Bonchev–Trinajstić information content (AvgIpc) is 3.90. The molecule has 1 heterocycles. The van der Waals surface area contributed by atoms with Crippen LogP contribution in [0.2, 0.25) is 5.02 Å². The van der Waals surface area contributed by atoms with E-state index in [-0.39, 0.29) is 23.4 Å². The van der Waals surface area contributed by atoms with Gasteiger partial charge in [-0.05, 0) is 70.8 Å². The van der Waals surface area contributed by atoms with Crippen LogP contribution < -0.4 is 16.0 Å². The van der Waals surface area contributed by atoms with Gasteiger partial charge in [0.05, 0.1) is 17.3 Å². The maximum Gasteiger partial charge on any atom is 0.254 e. The summed E-state index contributed by atoms with van der Waals surface area (Å²) < 4.78 is 13.9. The topological polar surface area (TPSA) is 92.5 Å². The highest BCUT2D eigenvalue weighted by Crippen LogP contribution is 2.42. The fourth-order valence-corrected chi connectivity index (χ4v) is 6.80. The number of hydrogen-bond donors (Lipinski definition) is 2. The van der Waals surface area contributed by atoms with E-state index in [1.165, 1.54) is 6.07 Å². The van der Waals surface area contributed by atoms with Crippen molar-refractivity contribution in [3.63, 3.8) is 0 Å². The molecule has 0 spiro atoms. The van der Waals surface area contributed by atoms with Gasteiger partial charge in [-0.2, -0.15) is 0 Å². The van der Waals surface area contributed by atoms with Crippen molar-refractivity contribution in [2.24, 2.45) is 23.5 Å². The molecule has 3 atom stereocenters. The number of amides is 3. The summed E-state index contributed by atoms with van der Waals surface area (Å²) in [7, 11) is 0. The second kappa shape index (κ2) is 13.5. The van der Waals surface area contributed by atoms with Gasteiger partial charge in [0.2, 0.25) is 11.8 Å². The number of primary amides is 1. The van der Waals surface area contributed by atoms with E-state index in [9.17, 15) is 18.8 Å². The summed E-state index contributed by atoms with van der Waals surface area (Å²) in [5.41, 5.74) is 11.4. The molecule has 236 valence electrons. The molecular weight excluding hydrogens is 601 g/mol. The second-order valence-corrected chi connectivity index (χ2v) is 12.8. The number of carbonyl (C=O) groups is 3. The average molecular weight is 638 g/mol. The third-order valence-corrected chi connectivity index (χ3v) is 9.44. The predicted molar refractivity (Wildman–Crippen MR) is 179 cm³/mol. The Labute approximate surface area is 273 Å². The van der Waals surface area contributed by atoms with Crippen LogP contribution in [0.5, 0.6) is 0 Å². The Hall–Kier alpha value is -4.49. The van der Waals surface area contributed by atoms with Gasteiger partial charge in [-0.15, -0.1) is 0 Å². The first-order chi connectivity index (χ1) is 22.2. The maximum absolute atomic E-state index is 14.7. The van der Waals surface area contributed by atoms with Crippen LogP contribution in [0.3, 0.4) is 0 Å². The molecule has 3 unspecified atom stereocenters. The Morgan fingerprint density at radius 2 is 1.65 bits per heavy atom. The Bertz CT molecular complexity index is 1790. The van der Waals surface area contributed by atoms with Crippen molar-refractivity contribution >= 4 is 35.0 Å². The number of nitrogens with one attached hydrogen (secondary N) is 1. The number of benzene rings is 4. The molecule has 1 aliphatic carbocycles. The van der Waals surface area contributed by atoms with Gasteiger partial charge in [0.25, 0.3) is 5.91 Å². The number of hydrogen-bond acceptors (Lipinski definition) is 3. The fraction of sp³-hybridized carbons (Fsp3) is 0.289. The molecular formula is C38H37ClFN3O3. The van der Waals surface area contributed by atoms with Crippen LogP contribution in [-0.2, 0) is 20.9 Å². The molecule has 6 rings (SSSR count). The van der Waals surface area contributed by atoms with Crippen molar-refractivity contribution in [3.8, 4) is 22.3 Å². The zero-order valence-electron chi connectivity index (χ0n) is 25.7. The largest absolute Gasteiger partial charge is 0.369 e. The smallest absolute Gasteiger partial charge is 0.254 e. The van der Waals surface area contributed by atoms with E-state index in [1.807, 2.05) is 79.7 Å². The molecule has 0 radical (unpaired) electrons. The number of carbonyl (C=O) groups excluding carboxylic acids is 3. The summed E-state index contributed by atoms with van der Waals surface area (Å²) in [4.78, 5) is 43.1. The van der Waals surface area contributed by atoms with E-state index in [2.05, 4.69) is 5.32 Å². The minimum Gasteiger partial charge on any atom is -0.369 e. The summed E-state index contributed by atoms with van der Waals surface area (Å²) in [5.74, 6) is -2.39. The van der Waals surface area contributed by atoms with Gasteiger partial charge >= 0.3 is 0 Å². The molecule has 0 bridgehead atoms. The Kier molecular flexibility index (Phi) is 9.22. The van der Waals surface area contributed by atoms with Crippen LogP contribution in [0, 0.1) is 23.6 Å². The summed E-state index contributed by atoms with van der Waals surface area (Å²) >= 11 is 6.07. The van der Waals surface area contributed by atoms with Gasteiger partial charge in [-0.25, -0.2) is 4.39 Å². The zero-order chi connectivity index (χ0) is 32.4. The number of fused-ring (bicyclic) bond motifs is 3. The molecule has 1 fully saturated rings. The van der Waals surface area contributed by atoms with Crippen molar-refractivity contribution < 1.29 is 18.8 Å². The molecule has 6 nitrogen and oxygen atoms in total. The molecule has 0 saturated heterocycles. The Morgan fingerprint density at radius 3 is 2.37 bits per heavy atom. The van der Waals surface area contributed by atoms with Crippen LogP contribution in [0.15, 0.2) is 91.0 Å². The van der Waals surface area contributed by atoms with Crippen molar-refractivity contribution in [1.82, 2.24) is 5.32 Å². The number of anilines is 1. The minimum atomic E-state index is -0.980. The fourth-order valence-electron chi connectivity index (χ4n) is 6.62. The van der Waals surface area contributed by atoms with Gasteiger partial charge < -0.3 is 16.0 Å². The number of rotatable bonds is 11. The van der Waals surface area contributed by atoms with Gasteiger partial charge in [0.1, 0.15) is 11.9 Å². The third kappa shape index (κ3) is 6.56. The summed E-state index contributed by atoms with van der Waals surface area (Å²) in [5, 5.41) is 3.14. The molecule has 3 amide bonds. The molecule has 4 aromatic carbocycles. The molecule has 46 heavy (non-hydrogen) atoms. The van der Waals surface area contributed by atoms with Crippen molar-refractivity contribution in [1.29, 1.82) is 0 Å². The maximum atomic E-state index is 14.7. The highest BCUT2D eigenvalue weighted by atomic mass is 35.5. The van der Waals surface area contributed by atoms with Crippen molar-refractivity contribution in [2.75, 3.05) is 4.90 Å². The lowest BCUT2D eigenvalue weighted by Gasteiger charge is -2.29. The van der Waals surface area contributed by atoms with Gasteiger partial charge in [-0.1, -0.05) is 105 Å². The lowest BCUT2D eigenvalue weighted by Crippen LogP contribution is -2.46. The van der Waals surface area contributed by atoms with E-state index >= 15 is 0 Å². The van der Waals surface area contributed by atoms with E-state index in [1.54, 1.807) is 17.0 Å². The summed E-state index contributed by atoms with van der Waals surface area (Å²) in [6.45, 7) is 2.20. The Balaban J connectivity index is 1.38. The first kappa shape index (κ1) is 31.5. The predicted octanol–water partition coefficient (Wildman–Crippen LogP) is 7.84. The van der Waals surface area contributed by atoms with Crippen LogP contribution in [0.1, 0.15) is 56.2 Å². The standard InChI is InChI=1S/C38H37ClFN3O3/c1-2-8-30(36(41)44)31(20-23-15-16-23)37(45)42-35-29-13-4-3-11-27(29)28-12-5-6-14-34(28)43(38(35)46)22-24-9-7-10-25(19-24)26-17-18-33(40)32(39)21-26/h3-7,9-14,17-19,21,23,30-31,35H,2,8,15-16,20,22H2,1H3,(H2,41,44)(H,42,45). The molecule has 0 aromatic heterocycles. The lowest BCUT2D eigenvalue weighted by atomic mass is 9.83. The molecule has 1 saturated carbocycles. The van der Waals surface area contributed by atoms with Crippen molar-refractivity contribution in [2.45, 2.75) is 51.6 Å². The number of nitrogens with zero attached hydrogens (tertiary/aromatic N) is 1. The molecule has 1 aliphatic heterocycles. The summed E-state index contributed by atoms with van der Waals surface area (Å²) in [6.07, 6.45) is 3.87. The Morgan fingerprint density at radius 1 is 0.935 bits per heavy atom. The van der Waals surface area contributed by atoms with Gasteiger partial charge in [-0.3, -0.25) is 14.4 Å². The zero-order valence-corrected chi connectivity index (χ0v) is 26.5. The van der Waals surface area contributed by atoms with Gasteiger partial charge in [0.15, 0.2) is 0 Å². The van der Waals surface area contributed by atoms with E-state index in [0.29, 0.717) is 24.3 Å². The summed E-state index contributed by atoms with van der Waals surface area (Å²) in [6, 6.07) is 26.7. The number of para-hydroxylation sites is 1. The van der Waals surface area contributed by atoms with E-state index < -0.39 is 29.6 Å². The molecule has 8 heteroatoms. The van der Waals surface area contributed by atoms with Crippen LogP contribution in [0.25, 0.3) is 22.3 Å². The first-order valence-electron chi connectivity index (χ1n) is 15.9. The number of halogens is 2. The first-order valence-corrected chi connectivity index (χ1v) is 16.3. The second-order valence-electron chi connectivity index (χ2n) is 12.4. The van der Waals surface area contributed by atoms with Crippen molar-refractivity contribution in [3.05, 3.63) is 113 Å². The van der Waals surface area contributed by atoms with Crippen LogP contribution >= 0.6 is 11.6 Å². The van der Waals surface area contributed by atoms with Gasteiger partial charge in [0, 0.05) is 17.4 Å². The van der Waals surface area contributed by atoms with Crippen LogP contribution in [-0.4, -0.2) is 17.7 Å². The quantitative estimate of drug-likeness (QED) is 0.176. The third-order valence-electron chi connectivity index (χ3n) is 9.15. The monoisotopic (exact) mass is 637 g/mol. The molecule has 2 aliphatic rings. The van der Waals surface area contributed by atoms with E-state index in [0.717, 1.165) is 52.8 Å². The highest BCUT2D eigenvalue weighted by molar-refractivity contribution is 6.31. The highest BCUT2D eigenvalue weighted by Gasteiger charge is 2.40. The molecule has 3 N–H and O–H groups in total. The van der Waals surface area contributed by atoms with E-state index in [4.69, 9.17) is 17.3 Å². The normalized spacial score (nSPS) is 17.0.